The van der Waals surface area contributed by atoms with Gasteiger partial charge in [0, 0.05) is 16.5 Å². The van der Waals surface area contributed by atoms with Crippen molar-refractivity contribution in [1.82, 2.24) is 4.98 Å². The first kappa shape index (κ1) is 16.1. The maximum atomic E-state index is 5.97. The zero-order valence-corrected chi connectivity index (χ0v) is 14.2. The predicted octanol–water partition coefficient (Wildman–Crippen LogP) is 4.87. The van der Waals surface area contributed by atoms with E-state index >= 15 is 0 Å². The van der Waals surface area contributed by atoms with Gasteiger partial charge in [-0.1, -0.05) is 13.0 Å². The second-order valence-electron chi connectivity index (χ2n) is 4.79. The molecule has 0 amide bonds. The Morgan fingerprint density at radius 1 is 1.24 bits per heavy atom. The lowest BCUT2D eigenvalue weighted by molar-refractivity contribution is 0.292. The zero-order chi connectivity index (χ0) is 15.2. The highest BCUT2D eigenvalue weighted by molar-refractivity contribution is 7.11. The van der Waals surface area contributed by atoms with Crippen molar-refractivity contribution in [2.24, 2.45) is 0 Å². The summed E-state index contributed by atoms with van der Waals surface area (Å²) in [5.41, 5.74) is 2.03. The van der Waals surface area contributed by atoms with Crippen molar-refractivity contribution in [3.8, 4) is 11.5 Å². The highest BCUT2D eigenvalue weighted by Crippen LogP contribution is 2.28. The van der Waals surface area contributed by atoms with E-state index in [9.17, 15) is 0 Å². The van der Waals surface area contributed by atoms with E-state index in [1.54, 1.807) is 11.3 Å². The van der Waals surface area contributed by atoms with Crippen LogP contribution in [0, 0.1) is 13.8 Å². The van der Waals surface area contributed by atoms with Crippen molar-refractivity contribution >= 4 is 22.9 Å². The van der Waals surface area contributed by atoms with Gasteiger partial charge in [-0.15, -0.1) is 22.9 Å². The maximum Gasteiger partial charge on any atom is 0.140 e. The van der Waals surface area contributed by atoms with E-state index in [1.807, 2.05) is 25.1 Å². The van der Waals surface area contributed by atoms with Crippen molar-refractivity contribution in [2.45, 2.75) is 39.7 Å². The van der Waals surface area contributed by atoms with Crippen molar-refractivity contribution in [3.63, 3.8) is 0 Å². The molecule has 0 saturated carbocycles. The molecule has 2 rings (SSSR count). The summed E-state index contributed by atoms with van der Waals surface area (Å²) < 4.78 is 11.5. The third-order valence-electron chi connectivity index (χ3n) is 3.08. The zero-order valence-electron chi connectivity index (χ0n) is 12.6. The fourth-order valence-electron chi connectivity index (χ4n) is 1.83. The Bertz CT molecular complexity index is 578. The Balaban J connectivity index is 2.09. The smallest absolute Gasteiger partial charge is 0.140 e. The van der Waals surface area contributed by atoms with Gasteiger partial charge in [-0.3, -0.25) is 0 Å². The largest absolute Gasteiger partial charge is 0.493 e. The molecule has 0 N–H and O–H groups in total. The molecular formula is C16H20ClNO2S. The summed E-state index contributed by atoms with van der Waals surface area (Å²) in [4.78, 5) is 5.71. The second-order valence-corrected chi connectivity index (χ2v) is 6.34. The first-order valence-corrected chi connectivity index (χ1v) is 8.36. The van der Waals surface area contributed by atoms with Crippen LogP contribution in [-0.2, 0) is 12.5 Å². The lowest BCUT2D eigenvalue weighted by atomic mass is 10.2. The molecule has 1 aromatic carbocycles. The first-order chi connectivity index (χ1) is 10.1. The van der Waals surface area contributed by atoms with Gasteiger partial charge in [-0.05, 0) is 26.3 Å². The molecule has 0 aliphatic heterocycles. The molecule has 0 fully saturated rings. The summed E-state index contributed by atoms with van der Waals surface area (Å²) in [5, 5.41) is 0.977. The van der Waals surface area contributed by atoms with Crippen LogP contribution in [0.25, 0.3) is 0 Å². The van der Waals surface area contributed by atoms with Gasteiger partial charge < -0.3 is 9.47 Å². The quantitative estimate of drug-likeness (QED) is 0.681. The topological polar surface area (TPSA) is 31.4 Å². The standard InChI is InChI=1S/C16H20ClNO2S/c1-4-7-19-14-6-5-13(9-17)15(8-14)20-10-16-18-11(2)12(3)21-16/h5-6,8H,4,7,9-10H2,1-3H3. The van der Waals surface area contributed by atoms with Crippen LogP contribution in [0.2, 0.25) is 0 Å². The molecule has 3 nitrogen and oxygen atoms in total. The average Bonchev–Trinajstić information content (AvgIpc) is 2.81. The molecule has 0 aliphatic rings. The van der Waals surface area contributed by atoms with E-state index in [4.69, 9.17) is 21.1 Å². The van der Waals surface area contributed by atoms with Crippen molar-refractivity contribution in [3.05, 3.63) is 39.3 Å². The number of benzene rings is 1. The number of ether oxygens (including phenoxy) is 2. The average molecular weight is 326 g/mol. The molecule has 21 heavy (non-hydrogen) atoms. The van der Waals surface area contributed by atoms with Crippen LogP contribution < -0.4 is 9.47 Å². The lowest BCUT2D eigenvalue weighted by Crippen LogP contribution is -2.00. The highest BCUT2D eigenvalue weighted by atomic mass is 35.5. The third kappa shape index (κ3) is 4.35. The fraction of sp³-hybridized carbons (Fsp3) is 0.438. The van der Waals surface area contributed by atoms with Crippen molar-refractivity contribution < 1.29 is 9.47 Å². The summed E-state index contributed by atoms with van der Waals surface area (Å²) in [7, 11) is 0. The molecule has 5 heteroatoms. The molecular weight excluding hydrogens is 306 g/mol. The van der Waals surface area contributed by atoms with Gasteiger partial charge in [-0.2, -0.15) is 0 Å². The number of halogens is 1. The van der Waals surface area contributed by atoms with Gasteiger partial charge in [0.05, 0.1) is 18.2 Å². The molecule has 114 valence electrons. The Morgan fingerprint density at radius 2 is 2.05 bits per heavy atom. The van der Waals surface area contributed by atoms with Crippen LogP contribution >= 0.6 is 22.9 Å². The van der Waals surface area contributed by atoms with E-state index in [0.29, 0.717) is 19.1 Å². The number of thiazole rings is 1. The SMILES string of the molecule is CCCOc1ccc(CCl)c(OCc2nc(C)c(C)s2)c1. The normalized spacial score (nSPS) is 10.7. The number of nitrogens with zero attached hydrogens (tertiary/aromatic N) is 1. The molecule has 0 spiro atoms. The van der Waals surface area contributed by atoms with Crippen LogP contribution in [0.5, 0.6) is 11.5 Å². The molecule has 0 atom stereocenters. The molecule has 1 heterocycles. The molecule has 0 saturated heterocycles. The van der Waals surface area contributed by atoms with Gasteiger partial charge in [0.1, 0.15) is 23.1 Å². The molecule has 0 aliphatic carbocycles. The summed E-state index contributed by atoms with van der Waals surface area (Å²) >= 11 is 7.63. The minimum absolute atomic E-state index is 0.416. The minimum Gasteiger partial charge on any atom is -0.493 e. The number of rotatable bonds is 7. The van der Waals surface area contributed by atoms with Crippen LogP contribution in [0.15, 0.2) is 18.2 Å². The monoisotopic (exact) mass is 325 g/mol. The van der Waals surface area contributed by atoms with E-state index in [1.165, 1.54) is 4.88 Å². The lowest BCUT2D eigenvalue weighted by Gasteiger charge is -2.11. The molecule has 0 unspecified atom stereocenters. The molecule has 2 aromatic rings. The molecule has 1 aromatic heterocycles. The van der Waals surface area contributed by atoms with Crippen molar-refractivity contribution in [2.75, 3.05) is 6.61 Å². The van der Waals surface area contributed by atoms with Gasteiger partial charge in [0.25, 0.3) is 0 Å². The van der Waals surface area contributed by atoms with Gasteiger partial charge in [0.15, 0.2) is 0 Å². The van der Waals surface area contributed by atoms with Gasteiger partial charge in [0.2, 0.25) is 0 Å². The van der Waals surface area contributed by atoms with Gasteiger partial charge in [-0.25, -0.2) is 4.98 Å². The summed E-state index contributed by atoms with van der Waals surface area (Å²) in [6.07, 6.45) is 0.977. The van der Waals surface area contributed by atoms with Crippen molar-refractivity contribution in [1.29, 1.82) is 0 Å². The maximum absolute atomic E-state index is 5.97. The predicted molar refractivity (Wildman–Crippen MR) is 87.7 cm³/mol. The first-order valence-electron chi connectivity index (χ1n) is 7.01. The Labute approximate surface area is 134 Å². The number of hydrogen-bond donors (Lipinski definition) is 0. The van der Waals surface area contributed by atoms with Crippen LogP contribution in [0.3, 0.4) is 0 Å². The van der Waals surface area contributed by atoms with Crippen LogP contribution in [0.4, 0.5) is 0 Å². The second kappa shape index (κ2) is 7.66. The molecule has 0 bridgehead atoms. The summed E-state index contributed by atoms with van der Waals surface area (Å²) in [6, 6.07) is 5.78. The Morgan fingerprint density at radius 3 is 2.67 bits per heavy atom. The molecule has 0 radical (unpaired) electrons. The Hall–Kier alpha value is -1.26. The van der Waals surface area contributed by atoms with Crippen LogP contribution in [0.1, 0.15) is 34.5 Å². The van der Waals surface area contributed by atoms with E-state index < -0.39 is 0 Å². The highest BCUT2D eigenvalue weighted by Gasteiger charge is 2.08. The van der Waals surface area contributed by atoms with E-state index in [2.05, 4.69) is 18.8 Å². The number of hydrogen-bond acceptors (Lipinski definition) is 4. The van der Waals surface area contributed by atoms with Crippen LogP contribution in [-0.4, -0.2) is 11.6 Å². The summed E-state index contributed by atoms with van der Waals surface area (Å²) in [5.74, 6) is 2.00. The van der Waals surface area contributed by atoms with E-state index in [0.717, 1.165) is 34.2 Å². The Kier molecular flexibility index (Phi) is 5.88. The fourth-order valence-corrected chi connectivity index (χ4v) is 2.90. The number of alkyl halides is 1. The van der Waals surface area contributed by atoms with Gasteiger partial charge >= 0.3 is 0 Å². The third-order valence-corrected chi connectivity index (χ3v) is 4.41. The number of aromatic nitrogens is 1. The summed E-state index contributed by atoms with van der Waals surface area (Å²) in [6.45, 7) is 7.32. The van der Waals surface area contributed by atoms with E-state index in [-0.39, 0.29) is 0 Å². The number of aryl methyl sites for hydroxylation is 2. The minimum atomic E-state index is 0.416.